The van der Waals surface area contributed by atoms with Crippen LogP contribution in [0.2, 0.25) is 0 Å². The van der Waals surface area contributed by atoms with E-state index in [-0.39, 0.29) is 45.4 Å². The molecule has 2 aliphatic rings. The van der Waals surface area contributed by atoms with Gasteiger partial charge in [-0.2, -0.15) is 0 Å². The minimum Gasteiger partial charge on any atom is -0.748 e. The molecule has 0 saturated heterocycles. The van der Waals surface area contributed by atoms with Crippen molar-refractivity contribution in [2.45, 2.75) is 119 Å². The van der Waals surface area contributed by atoms with Crippen LogP contribution in [0.25, 0.3) is 0 Å². The highest BCUT2D eigenvalue weighted by molar-refractivity contribution is 8.00. The van der Waals surface area contributed by atoms with Crippen LogP contribution in [0, 0.1) is 37.5 Å². The Labute approximate surface area is 410 Å². The molecule has 0 amide bonds. The second-order valence-corrected chi connectivity index (χ2v) is 24.9. The van der Waals surface area contributed by atoms with E-state index in [1.165, 1.54) is 14.7 Å². The van der Waals surface area contributed by atoms with Crippen molar-refractivity contribution < 1.29 is 32.1 Å². The summed E-state index contributed by atoms with van der Waals surface area (Å²) >= 11 is 5.09. The van der Waals surface area contributed by atoms with E-state index in [1.807, 2.05) is 71.0 Å². The molecule has 2 atom stereocenters. The lowest BCUT2D eigenvalue weighted by molar-refractivity contribution is -0.128. The zero-order valence-corrected chi connectivity index (χ0v) is 43.0. The van der Waals surface area contributed by atoms with Crippen molar-refractivity contribution in [3.05, 3.63) is 161 Å². The van der Waals surface area contributed by atoms with Gasteiger partial charge in [0.25, 0.3) is 0 Å². The predicted octanol–water partition coefficient (Wildman–Crippen LogP) is 13.7. The zero-order valence-electron chi connectivity index (χ0n) is 38.9. The van der Waals surface area contributed by atoms with E-state index in [4.69, 9.17) is 0 Å². The molecule has 0 heterocycles. The van der Waals surface area contributed by atoms with Crippen LogP contribution in [-0.4, -0.2) is 41.9 Å². The van der Waals surface area contributed by atoms with Crippen LogP contribution in [0.5, 0.6) is 0 Å². The van der Waals surface area contributed by atoms with E-state index in [1.54, 1.807) is 56.1 Å². The number of aryl methyl sites for hydroxylation is 3. The van der Waals surface area contributed by atoms with Gasteiger partial charge in [0.05, 0.1) is 26.8 Å². The fourth-order valence-electron chi connectivity index (χ4n) is 9.44. The maximum absolute atomic E-state index is 11.9. The summed E-state index contributed by atoms with van der Waals surface area (Å²) in [6, 6.07) is 44.5. The molecule has 2 bridgehead atoms. The third-order valence-electron chi connectivity index (χ3n) is 13.2. The summed E-state index contributed by atoms with van der Waals surface area (Å²) in [7, 11) is -4.68. The molecule has 67 heavy (non-hydrogen) atoms. The molecule has 7 nitrogen and oxygen atoms in total. The first-order valence-corrected chi connectivity index (χ1v) is 27.3. The fourth-order valence-corrected chi connectivity index (χ4v) is 15.5. The van der Waals surface area contributed by atoms with Crippen LogP contribution in [0.3, 0.4) is 0 Å². The lowest BCUT2D eigenvalue weighted by Crippen LogP contribution is -2.42. The van der Waals surface area contributed by atoms with Gasteiger partial charge in [0.15, 0.2) is 32.0 Å². The Hall–Kier alpha value is -4.69. The summed E-state index contributed by atoms with van der Waals surface area (Å²) in [5, 5.41) is 0. The standard InChI is InChI=1S/C45H39O3S4.C10H16O4S/c1-28-25-37(13-22-43(28)31(4)46)49-34-7-16-40(17-8-34)52(41-18-9-35(10-19-41)50-38-14-23-44(32(5)47)29(2)26-38)42-20-11-36(12-21-42)51-39-15-24-45(33(6)48)30(3)27-39;1-9(2)7-3-4-10(9,8(11)5-7)6-15(12,13)14/h7-27H,1-6H3;7H,3-6H2,1-2H3,(H,12,13,14)/q+1;/p-1. The molecule has 2 unspecified atom stereocenters. The molecule has 0 N–H and O–H groups in total. The Morgan fingerprint density at radius 3 is 1.12 bits per heavy atom. The molecular formula is C55H54O7S5. The van der Waals surface area contributed by atoms with E-state index >= 15 is 0 Å². The van der Waals surface area contributed by atoms with E-state index < -0.39 is 21.3 Å². The number of carbonyl (C=O) groups excluding carboxylic acids is 4. The second-order valence-electron chi connectivity index (χ2n) is 18.0. The Balaban J connectivity index is 0.000000375. The van der Waals surface area contributed by atoms with Crippen molar-refractivity contribution >= 4 is 79.4 Å². The van der Waals surface area contributed by atoms with Crippen molar-refractivity contribution in [3.8, 4) is 0 Å². The molecule has 2 aliphatic carbocycles. The van der Waals surface area contributed by atoms with Gasteiger partial charge in [0, 0.05) is 57.9 Å². The Kier molecular flexibility index (Phi) is 15.4. The lowest BCUT2D eigenvalue weighted by atomic mass is 9.70. The maximum Gasteiger partial charge on any atom is 0.166 e. The number of carbonyl (C=O) groups is 4. The normalized spacial score (nSPS) is 17.3. The van der Waals surface area contributed by atoms with Crippen molar-refractivity contribution in [1.82, 2.24) is 0 Å². The van der Waals surface area contributed by atoms with Crippen LogP contribution in [0.1, 0.15) is 102 Å². The van der Waals surface area contributed by atoms with E-state index in [9.17, 15) is 32.1 Å². The predicted molar refractivity (Wildman–Crippen MR) is 271 cm³/mol. The molecule has 0 aromatic heterocycles. The molecule has 6 aromatic rings. The van der Waals surface area contributed by atoms with Crippen LogP contribution >= 0.6 is 35.3 Å². The first-order chi connectivity index (χ1) is 31.6. The van der Waals surface area contributed by atoms with Crippen LogP contribution in [0.15, 0.2) is 171 Å². The Morgan fingerprint density at radius 2 is 0.881 bits per heavy atom. The van der Waals surface area contributed by atoms with Crippen LogP contribution in [-0.2, 0) is 25.8 Å². The summed E-state index contributed by atoms with van der Waals surface area (Å²) in [4.78, 5) is 58.0. The summed E-state index contributed by atoms with van der Waals surface area (Å²) in [6.07, 6.45) is 1.88. The van der Waals surface area contributed by atoms with E-state index in [2.05, 4.69) is 91.0 Å². The first-order valence-electron chi connectivity index (χ1n) is 22.0. The summed E-state index contributed by atoms with van der Waals surface area (Å²) in [5.74, 6) is -0.0287. The molecule has 0 spiro atoms. The highest BCUT2D eigenvalue weighted by Crippen LogP contribution is 2.64. The SMILES string of the molecule is CC(=O)c1ccc(Sc2ccc([S+](c3ccc(Sc4ccc(C(C)=O)c(C)c4)cc3)c3ccc(Sc4ccc(C(C)=O)c(C)c4)cc3)cc2)cc1C.CC1(C)C2CCC1(CS(=O)(=O)[O-])C(=O)C2. The molecule has 2 fully saturated rings. The molecular weight excluding hydrogens is 933 g/mol. The molecule has 0 aliphatic heterocycles. The smallest absolute Gasteiger partial charge is 0.166 e. The van der Waals surface area contributed by atoms with Gasteiger partial charge in [0.2, 0.25) is 0 Å². The average molecular weight is 987 g/mol. The Bertz CT molecular complexity index is 2720. The Morgan fingerprint density at radius 1 is 0.567 bits per heavy atom. The highest BCUT2D eigenvalue weighted by atomic mass is 32.2. The van der Waals surface area contributed by atoms with Crippen molar-refractivity contribution in [3.63, 3.8) is 0 Å². The number of ketones is 4. The van der Waals surface area contributed by atoms with Gasteiger partial charge in [-0.05, 0) is 192 Å². The largest absolute Gasteiger partial charge is 0.748 e. The molecule has 0 radical (unpaired) electrons. The second kappa shape index (κ2) is 20.5. The highest BCUT2D eigenvalue weighted by Gasteiger charge is 2.64. The van der Waals surface area contributed by atoms with Crippen molar-refractivity contribution in [2.75, 3.05) is 5.75 Å². The number of fused-ring (bicyclic) bond motifs is 2. The third-order valence-corrected chi connectivity index (χ3v) is 19.2. The van der Waals surface area contributed by atoms with Crippen LogP contribution in [0.4, 0.5) is 0 Å². The minimum absolute atomic E-state index is 0.0248. The number of Topliss-reactive ketones (excluding diaryl/α,β-unsaturated/α-hetero) is 4. The van der Waals surface area contributed by atoms with Gasteiger partial charge in [-0.15, -0.1) is 0 Å². The summed E-state index contributed by atoms with van der Waals surface area (Å²) in [5.41, 5.74) is 4.04. The maximum atomic E-state index is 11.9. The molecule has 12 heteroatoms. The van der Waals surface area contributed by atoms with E-state index in [0.29, 0.717) is 12.8 Å². The molecule has 6 aromatic carbocycles. The lowest BCUT2D eigenvalue weighted by Gasteiger charge is -2.37. The van der Waals surface area contributed by atoms with Crippen molar-refractivity contribution in [2.24, 2.45) is 16.7 Å². The van der Waals surface area contributed by atoms with Gasteiger partial charge in [-0.1, -0.05) is 67.3 Å². The zero-order chi connectivity index (χ0) is 48.4. The van der Waals surface area contributed by atoms with Crippen molar-refractivity contribution in [1.29, 1.82) is 0 Å². The molecule has 2 saturated carbocycles. The topological polar surface area (TPSA) is 125 Å². The fraction of sp³-hybridized carbons (Fsp3) is 0.273. The van der Waals surface area contributed by atoms with Gasteiger partial charge in [-0.3, -0.25) is 19.2 Å². The monoisotopic (exact) mass is 986 g/mol. The number of hydrogen-bond donors (Lipinski definition) is 0. The number of rotatable bonds is 14. The first kappa shape index (κ1) is 50.2. The summed E-state index contributed by atoms with van der Waals surface area (Å²) < 4.78 is 32.7. The van der Waals surface area contributed by atoms with Gasteiger partial charge >= 0.3 is 0 Å². The van der Waals surface area contributed by atoms with E-state index in [0.717, 1.165) is 69.2 Å². The summed E-state index contributed by atoms with van der Waals surface area (Å²) in [6.45, 7) is 14.6. The third kappa shape index (κ3) is 11.4. The van der Waals surface area contributed by atoms with Crippen LogP contribution < -0.4 is 0 Å². The van der Waals surface area contributed by atoms with Gasteiger partial charge in [0.1, 0.15) is 5.78 Å². The quantitative estimate of drug-likeness (QED) is 0.0591. The van der Waals surface area contributed by atoms with Gasteiger partial charge < -0.3 is 4.55 Å². The number of hydrogen-bond acceptors (Lipinski definition) is 10. The molecule has 346 valence electrons. The minimum atomic E-state index is -4.33. The van der Waals surface area contributed by atoms with Gasteiger partial charge in [-0.25, -0.2) is 8.42 Å². The number of benzene rings is 6. The molecule has 8 rings (SSSR count). The average Bonchev–Trinajstić information content (AvgIpc) is 3.59.